The zero-order chi connectivity index (χ0) is 13.0. The van der Waals surface area contributed by atoms with Gasteiger partial charge in [-0.3, -0.25) is 0 Å². The Balaban J connectivity index is 2.19. The van der Waals surface area contributed by atoms with Crippen molar-refractivity contribution in [3.05, 3.63) is 44.0 Å². The highest BCUT2D eigenvalue weighted by atomic mass is 79.9. The Morgan fingerprint density at radius 3 is 2.94 bits per heavy atom. The first kappa shape index (κ1) is 13.7. The van der Waals surface area contributed by atoms with Gasteiger partial charge in [0.2, 0.25) is 0 Å². The molecule has 1 aromatic carbocycles. The lowest BCUT2D eigenvalue weighted by Gasteiger charge is -2.14. The van der Waals surface area contributed by atoms with Crippen molar-refractivity contribution in [2.75, 3.05) is 11.9 Å². The molecule has 18 heavy (non-hydrogen) atoms. The van der Waals surface area contributed by atoms with E-state index in [-0.39, 0.29) is 0 Å². The molecule has 0 aliphatic heterocycles. The lowest BCUT2D eigenvalue weighted by Crippen LogP contribution is -2.02. The Hall–Kier alpha value is -0.710. The van der Waals surface area contributed by atoms with E-state index in [0.29, 0.717) is 11.6 Å². The maximum atomic E-state index is 6.06. The molecule has 0 aliphatic rings. The summed E-state index contributed by atoms with van der Waals surface area (Å²) in [6, 6.07) is 5.81. The number of rotatable bonds is 5. The van der Waals surface area contributed by atoms with Crippen molar-refractivity contribution in [3.8, 4) is 5.75 Å². The zero-order valence-corrected chi connectivity index (χ0v) is 13.0. The maximum absolute atomic E-state index is 6.06. The Labute approximate surface area is 124 Å². The van der Waals surface area contributed by atoms with Crippen molar-refractivity contribution in [1.29, 1.82) is 0 Å². The summed E-state index contributed by atoms with van der Waals surface area (Å²) in [6.45, 7) is 3.34. The zero-order valence-electron chi connectivity index (χ0n) is 9.87. The number of halogens is 2. The van der Waals surface area contributed by atoms with Gasteiger partial charge in [-0.15, -0.1) is 0 Å². The van der Waals surface area contributed by atoms with Crippen molar-refractivity contribution >= 4 is 44.6 Å². The van der Waals surface area contributed by atoms with Gasteiger partial charge in [-0.25, -0.2) is 0 Å². The fourth-order valence-electron chi connectivity index (χ4n) is 1.57. The van der Waals surface area contributed by atoms with Gasteiger partial charge in [0.1, 0.15) is 0 Å². The average molecular weight is 347 g/mol. The van der Waals surface area contributed by atoms with Gasteiger partial charge in [0.25, 0.3) is 0 Å². The van der Waals surface area contributed by atoms with Gasteiger partial charge in [0.15, 0.2) is 5.75 Å². The number of ether oxygens (including phenoxy) is 1. The van der Waals surface area contributed by atoms with Gasteiger partial charge in [0.05, 0.1) is 16.8 Å². The van der Waals surface area contributed by atoms with E-state index in [1.807, 2.05) is 19.1 Å². The predicted molar refractivity (Wildman–Crippen MR) is 82.0 cm³/mol. The summed E-state index contributed by atoms with van der Waals surface area (Å²) in [5.41, 5.74) is 2.15. The fraction of sp³-hybridized carbons (Fsp3) is 0.231. The van der Waals surface area contributed by atoms with Crippen LogP contribution in [0.25, 0.3) is 0 Å². The van der Waals surface area contributed by atoms with Gasteiger partial charge in [-0.2, -0.15) is 11.3 Å². The van der Waals surface area contributed by atoms with Crippen LogP contribution in [-0.4, -0.2) is 6.61 Å². The van der Waals surface area contributed by atoms with Crippen molar-refractivity contribution in [3.63, 3.8) is 0 Å². The van der Waals surface area contributed by atoms with Crippen LogP contribution in [-0.2, 0) is 6.54 Å². The summed E-state index contributed by atoms with van der Waals surface area (Å²) < 4.78 is 6.49. The molecule has 0 radical (unpaired) electrons. The van der Waals surface area contributed by atoms with E-state index < -0.39 is 0 Å². The quantitative estimate of drug-likeness (QED) is 0.806. The first-order valence-electron chi connectivity index (χ1n) is 5.57. The van der Waals surface area contributed by atoms with Crippen molar-refractivity contribution in [2.45, 2.75) is 13.5 Å². The smallest absolute Gasteiger partial charge is 0.156 e. The minimum absolute atomic E-state index is 0.618. The standard InChI is InChI=1S/C13H13BrClNOS/c1-2-17-13-11(14)5-10(15)6-12(13)16-7-9-3-4-18-8-9/h3-6,8,16H,2,7H2,1H3. The number of anilines is 1. The molecule has 1 aromatic heterocycles. The highest BCUT2D eigenvalue weighted by Crippen LogP contribution is 2.36. The molecule has 96 valence electrons. The molecule has 0 saturated heterocycles. The van der Waals surface area contributed by atoms with Crippen LogP contribution in [0, 0.1) is 0 Å². The van der Waals surface area contributed by atoms with E-state index in [1.165, 1.54) is 5.56 Å². The highest BCUT2D eigenvalue weighted by Gasteiger charge is 2.10. The van der Waals surface area contributed by atoms with Crippen molar-refractivity contribution in [1.82, 2.24) is 0 Å². The van der Waals surface area contributed by atoms with E-state index in [9.17, 15) is 0 Å². The SMILES string of the molecule is CCOc1c(Br)cc(Cl)cc1NCc1ccsc1. The molecule has 2 aromatic rings. The summed E-state index contributed by atoms with van der Waals surface area (Å²) in [5.74, 6) is 0.803. The molecule has 0 saturated carbocycles. The largest absolute Gasteiger partial charge is 0.491 e. The molecule has 2 nitrogen and oxygen atoms in total. The van der Waals surface area contributed by atoms with Crippen LogP contribution >= 0.6 is 38.9 Å². The topological polar surface area (TPSA) is 21.3 Å². The number of nitrogens with one attached hydrogen (secondary N) is 1. The molecule has 0 atom stereocenters. The van der Waals surface area contributed by atoms with Gasteiger partial charge in [-0.1, -0.05) is 11.6 Å². The molecular formula is C13H13BrClNOS. The minimum atomic E-state index is 0.618. The van der Waals surface area contributed by atoms with Gasteiger partial charge >= 0.3 is 0 Å². The number of benzene rings is 1. The number of hydrogen-bond donors (Lipinski definition) is 1. The fourth-order valence-corrected chi connectivity index (χ4v) is 3.17. The molecular weight excluding hydrogens is 334 g/mol. The minimum Gasteiger partial charge on any atom is -0.491 e. The molecule has 0 unspecified atom stereocenters. The van der Waals surface area contributed by atoms with Crippen LogP contribution in [0.2, 0.25) is 5.02 Å². The first-order chi connectivity index (χ1) is 8.70. The second kappa shape index (κ2) is 6.45. The van der Waals surface area contributed by atoms with Crippen LogP contribution in [0.5, 0.6) is 5.75 Å². The molecule has 0 bridgehead atoms. The van der Waals surface area contributed by atoms with E-state index in [0.717, 1.165) is 22.5 Å². The molecule has 1 heterocycles. The molecule has 0 spiro atoms. The molecule has 5 heteroatoms. The summed E-state index contributed by atoms with van der Waals surface area (Å²) in [6.07, 6.45) is 0. The second-order valence-electron chi connectivity index (χ2n) is 3.68. The van der Waals surface area contributed by atoms with Crippen LogP contribution in [0.4, 0.5) is 5.69 Å². The summed E-state index contributed by atoms with van der Waals surface area (Å²) in [5, 5.41) is 8.21. The molecule has 0 aliphatic carbocycles. The lowest BCUT2D eigenvalue weighted by atomic mass is 10.2. The monoisotopic (exact) mass is 345 g/mol. The second-order valence-corrected chi connectivity index (χ2v) is 5.75. The van der Waals surface area contributed by atoms with E-state index >= 15 is 0 Å². The molecule has 1 N–H and O–H groups in total. The molecule has 2 rings (SSSR count). The Kier molecular flexibility index (Phi) is 4.92. The highest BCUT2D eigenvalue weighted by molar-refractivity contribution is 9.10. The molecule has 0 fully saturated rings. The van der Waals surface area contributed by atoms with Crippen LogP contribution in [0.15, 0.2) is 33.4 Å². The average Bonchev–Trinajstić information content (AvgIpc) is 2.83. The Bertz CT molecular complexity index is 516. The molecule has 0 amide bonds. The third kappa shape index (κ3) is 3.40. The maximum Gasteiger partial charge on any atom is 0.156 e. The normalized spacial score (nSPS) is 10.4. The lowest BCUT2D eigenvalue weighted by molar-refractivity contribution is 0.339. The Morgan fingerprint density at radius 2 is 2.28 bits per heavy atom. The van der Waals surface area contributed by atoms with Gasteiger partial charge < -0.3 is 10.1 Å². The van der Waals surface area contributed by atoms with E-state index in [2.05, 4.69) is 38.1 Å². The summed E-state index contributed by atoms with van der Waals surface area (Å²) in [4.78, 5) is 0. The number of hydrogen-bond acceptors (Lipinski definition) is 3. The van der Waals surface area contributed by atoms with E-state index in [1.54, 1.807) is 11.3 Å². The summed E-state index contributed by atoms with van der Waals surface area (Å²) >= 11 is 11.2. The third-order valence-electron chi connectivity index (χ3n) is 2.36. The predicted octanol–water partition coefficient (Wildman–Crippen LogP) is 5.17. The Morgan fingerprint density at radius 1 is 1.44 bits per heavy atom. The summed E-state index contributed by atoms with van der Waals surface area (Å²) in [7, 11) is 0. The van der Waals surface area contributed by atoms with Crippen LogP contribution in [0.3, 0.4) is 0 Å². The van der Waals surface area contributed by atoms with Gasteiger partial charge in [0, 0.05) is 11.6 Å². The first-order valence-corrected chi connectivity index (χ1v) is 7.69. The van der Waals surface area contributed by atoms with Crippen molar-refractivity contribution in [2.24, 2.45) is 0 Å². The van der Waals surface area contributed by atoms with Crippen LogP contribution < -0.4 is 10.1 Å². The van der Waals surface area contributed by atoms with Crippen molar-refractivity contribution < 1.29 is 4.74 Å². The third-order valence-corrected chi connectivity index (χ3v) is 3.90. The van der Waals surface area contributed by atoms with E-state index in [4.69, 9.17) is 16.3 Å². The van der Waals surface area contributed by atoms with Crippen LogP contribution in [0.1, 0.15) is 12.5 Å². The van der Waals surface area contributed by atoms with Gasteiger partial charge in [-0.05, 0) is 57.4 Å². The number of thiophene rings is 1.